The van der Waals surface area contributed by atoms with Crippen LogP contribution < -0.4 is 5.32 Å². The lowest BCUT2D eigenvalue weighted by Crippen LogP contribution is -1.82. The van der Waals surface area contributed by atoms with Crippen molar-refractivity contribution < 1.29 is 0 Å². The molecule has 1 aromatic heterocycles. The number of anilines is 1. The van der Waals surface area contributed by atoms with Gasteiger partial charge in [0, 0.05) is 11.5 Å². The number of nitrogens with one attached hydrogen (secondary N) is 1. The minimum atomic E-state index is 0.608. The van der Waals surface area contributed by atoms with E-state index >= 15 is 0 Å². The first-order valence-corrected chi connectivity index (χ1v) is 3.76. The van der Waals surface area contributed by atoms with Crippen molar-refractivity contribution in [2.75, 3.05) is 5.32 Å². The molecule has 0 atom stereocenters. The number of halogens is 1. The maximum atomic E-state index is 3.94. The third-order valence-corrected chi connectivity index (χ3v) is 1.86. The highest BCUT2D eigenvalue weighted by Gasteiger charge is 1.95. The van der Waals surface area contributed by atoms with Gasteiger partial charge in [-0.1, -0.05) is 6.58 Å². The van der Waals surface area contributed by atoms with Crippen molar-refractivity contribution >= 4 is 32.6 Å². The van der Waals surface area contributed by atoms with E-state index < -0.39 is 0 Å². The molecule has 0 saturated heterocycles. The lowest BCUT2D eigenvalue weighted by molar-refractivity contribution is 1.25. The van der Waals surface area contributed by atoms with Crippen molar-refractivity contribution in [3.8, 4) is 0 Å². The SMILES string of the molecule is C=CNc1nc(Br)ns1. The average Bonchev–Trinajstić information content (AvgIpc) is 2.17. The average molecular weight is 206 g/mol. The highest BCUT2D eigenvalue weighted by Crippen LogP contribution is 2.13. The highest BCUT2D eigenvalue weighted by atomic mass is 79.9. The number of hydrogen-bond donors (Lipinski definition) is 1. The molecule has 3 nitrogen and oxygen atoms in total. The van der Waals surface area contributed by atoms with E-state index in [-0.39, 0.29) is 0 Å². The Morgan fingerprint density at radius 2 is 2.56 bits per heavy atom. The van der Waals surface area contributed by atoms with Crippen LogP contribution in [0.3, 0.4) is 0 Å². The fourth-order valence-electron chi connectivity index (χ4n) is 0.351. The second kappa shape index (κ2) is 2.93. The normalized spacial score (nSPS) is 9.00. The maximum absolute atomic E-state index is 3.94. The summed E-state index contributed by atoms with van der Waals surface area (Å²) < 4.78 is 4.48. The van der Waals surface area contributed by atoms with Crippen LogP contribution in [0.1, 0.15) is 0 Å². The molecule has 1 rings (SSSR count). The standard InChI is InChI=1S/C4H4BrN3S/c1-2-6-4-7-3(5)8-9-4/h2H,1H2,(H,6,7,8). The molecule has 0 aliphatic heterocycles. The Hall–Kier alpha value is -0.420. The Morgan fingerprint density at radius 3 is 3.00 bits per heavy atom. The largest absolute Gasteiger partial charge is 0.337 e. The summed E-state index contributed by atoms with van der Waals surface area (Å²) in [6, 6.07) is 0. The fourth-order valence-corrected chi connectivity index (χ4v) is 1.33. The van der Waals surface area contributed by atoms with Crippen LogP contribution in [0.15, 0.2) is 17.5 Å². The van der Waals surface area contributed by atoms with E-state index in [1.165, 1.54) is 11.5 Å². The van der Waals surface area contributed by atoms with Crippen LogP contribution in [0.5, 0.6) is 0 Å². The van der Waals surface area contributed by atoms with E-state index in [0.717, 1.165) is 5.13 Å². The van der Waals surface area contributed by atoms with Crippen molar-refractivity contribution in [2.45, 2.75) is 0 Å². The van der Waals surface area contributed by atoms with E-state index in [2.05, 4.69) is 37.2 Å². The first kappa shape index (κ1) is 6.70. The van der Waals surface area contributed by atoms with Gasteiger partial charge in [-0.05, 0) is 22.1 Å². The van der Waals surface area contributed by atoms with E-state index in [1.54, 1.807) is 6.20 Å². The zero-order valence-corrected chi connectivity index (χ0v) is 6.87. The van der Waals surface area contributed by atoms with Crippen molar-refractivity contribution in [1.29, 1.82) is 0 Å². The summed E-state index contributed by atoms with van der Waals surface area (Å²) in [7, 11) is 0. The Morgan fingerprint density at radius 1 is 1.78 bits per heavy atom. The minimum absolute atomic E-state index is 0.608. The summed E-state index contributed by atoms with van der Waals surface area (Å²) in [4.78, 5) is 3.94. The summed E-state index contributed by atoms with van der Waals surface area (Å²) in [6.07, 6.45) is 1.56. The first-order valence-electron chi connectivity index (χ1n) is 2.19. The van der Waals surface area contributed by atoms with Gasteiger partial charge in [-0.25, -0.2) is 0 Å². The predicted molar refractivity (Wildman–Crippen MR) is 41.4 cm³/mol. The molecule has 0 fully saturated rings. The van der Waals surface area contributed by atoms with Gasteiger partial charge in [0.15, 0.2) is 0 Å². The molecule has 0 amide bonds. The molecular weight excluding hydrogens is 202 g/mol. The van der Waals surface area contributed by atoms with Gasteiger partial charge in [-0.2, -0.15) is 9.36 Å². The molecule has 5 heteroatoms. The van der Waals surface area contributed by atoms with Crippen LogP contribution in [-0.4, -0.2) is 9.36 Å². The van der Waals surface area contributed by atoms with E-state index in [1.807, 2.05) is 0 Å². The van der Waals surface area contributed by atoms with E-state index in [9.17, 15) is 0 Å². The molecule has 0 aliphatic rings. The van der Waals surface area contributed by atoms with Gasteiger partial charge in [0.2, 0.25) is 9.87 Å². The molecule has 0 bridgehead atoms. The van der Waals surface area contributed by atoms with Gasteiger partial charge in [-0.15, -0.1) is 0 Å². The van der Waals surface area contributed by atoms with E-state index in [0.29, 0.717) is 4.73 Å². The summed E-state index contributed by atoms with van der Waals surface area (Å²) >= 11 is 4.40. The van der Waals surface area contributed by atoms with Crippen LogP contribution >= 0.6 is 27.5 Å². The molecule has 0 spiro atoms. The smallest absolute Gasteiger partial charge is 0.210 e. The Bertz CT molecular complexity index is 209. The molecule has 48 valence electrons. The van der Waals surface area contributed by atoms with Crippen LogP contribution in [0.2, 0.25) is 0 Å². The van der Waals surface area contributed by atoms with Gasteiger partial charge < -0.3 is 5.32 Å². The molecule has 9 heavy (non-hydrogen) atoms. The molecule has 0 saturated carbocycles. The van der Waals surface area contributed by atoms with Gasteiger partial charge in [0.25, 0.3) is 0 Å². The zero-order chi connectivity index (χ0) is 6.69. The number of hydrogen-bond acceptors (Lipinski definition) is 4. The molecule has 0 aliphatic carbocycles. The highest BCUT2D eigenvalue weighted by molar-refractivity contribution is 9.10. The van der Waals surface area contributed by atoms with Gasteiger partial charge >= 0.3 is 0 Å². The summed E-state index contributed by atoms with van der Waals surface area (Å²) in [5.41, 5.74) is 0. The summed E-state index contributed by atoms with van der Waals surface area (Å²) in [6.45, 7) is 3.48. The monoisotopic (exact) mass is 205 g/mol. The molecule has 0 aromatic carbocycles. The summed E-state index contributed by atoms with van der Waals surface area (Å²) in [5.74, 6) is 0. The van der Waals surface area contributed by atoms with Crippen molar-refractivity contribution in [2.24, 2.45) is 0 Å². The van der Waals surface area contributed by atoms with Crippen LogP contribution in [-0.2, 0) is 0 Å². The Labute approximate surface area is 65.1 Å². The lowest BCUT2D eigenvalue weighted by atomic mass is 11.0. The molecule has 1 N–H and O–H groups in total. The molecule has 0 radical (unpaired) electrons. The molecule has 1 aromatic rings. The van der Waals surface area contributed by atoms with Gasteiger partial charge in [0.05, 0.1) is 0 Å². The first-order chi connectivity index (χ1) is 4.33. The van der Waals surface area contributed by atoms with Gasteiger partial charge in [-0.3, -0.25) is 0 Å². The molecular formula is C4H4BrN3S. The van der Waals surface area contributed by atoms with Crippen LogP contribution in [0.4, 0.5) is 5.13 Å². The second-order valence-corrected chi connectivity index (χ2v) is 2.68. The fraction of sp³-hybridized carbons (Fsp3) is 0. The van der Waals surface area contributed by atoms with Crippen LogP contribution in [0, 0.1) is 0 Å². The quantitative estimate of drug-likeness (QED) is 0.802. The number of rotatable bonds is 2. The third kappa shape index (κ3) is 1.76. The third-order valence-electron chi connectivity index (χ3n) is 0.627. The lowest BCUT2D eigenvalue weighted by Gasteiger charge is -1.85. The van der Waals surface area contributed by atoms with Gasteiger partial charge in [0.1, 0.15) is 0 Å². The number of nitrogens with zero attached hydrogens (tertiary/aromatic N) is 2. The molecule has 1 heterocycles. The van der Waals surface area contributed by atoms with Crippen molar-refractivity contribution in [1.82, 2.24) is 9.36 Å². The number of aromatic nitrogens is 2. The van der Waals surface area contributed by atoms with Crippen molar-refractivity contribution in [3.05, 3.63) is 17.5 Å². The van der Waals surface area contributed by atoms with Crippen LogP contribution in [0.25, 0.3) is 0 Å². The second-order valence-electron chi connectivity index (χ2n) is 1.22. The zero-order valence-electron chi connectivity index (χ0n) is 4.47. The maximum Gasteiger partial charge on any atom is 0.210 e. The van der Waals surface area contributed by atoms with E-state index in [4.69, 9.17) is 0 Å². The minimum Gasteiger partial charge on any atom is -0.337 e. The Balaban J connectivity index is 2.72. The summed E-state index contributed by atoms with van der Waals surface area (Å²) in [5, 5.41) is 3.55. The predicted octanol–water partition coefficient (Wildman–Crippen LogP) is 1.86. The Kier molecular flexibility index (Phi) is 2.18. The molecule has 0 unspecified atom stereocenters. The topological polar surface area (TPSA) is 37.8 Å². The van der Waals surface area contributed by atoms with Crippen molar-refractivity contribution in [3.63, 3.8) is 0 Å².